The topological polar surface area (TPSA) is 189 Å². The summed E-state index contributed by atoms with van der Waals surface area (Å²) in [7, 11) is 0. The predicted molar refractivity (Wildman–Crippen MR) is 177 cm³/mol. The number of nitriles is 2. The first-order valence-corrected chi connectivity index (χ1v) is 16.8. The molecule has 0 aromatic heterocycles. The van der Waals surface area contributed by atoms with Crippen molar-refractivity contribution in [3.63, 3.8) is 0 Å². The molecule has 0 aliphatic rings. The molecule has 0 spiro atoms. The van der Waals surface area contributed by atoms with Crippen LogP contribution in [0.25, 0.3) is 0 Å². The number of amides is 2. The van der Waals surface area contributed by atoms with Crippen LogP contribution in [0.15, 0.2) is 24.8 Å². The van der Waals surface area contributed by atoms with Crippen molar-refractivity contribution in [1.82, 2.24) is 15.1 Å². The van der Waals surface area contributed by atoms with Crippen molar-refractivity contribution >= 4 is 30.7 Å². The zero-order valence-corrected chi connectivity index (χ0v) is 28.9. The van der Waals surface area contributed by atoms with Gasteiger partial charge in [-0.15, -0.1) is 5.12 Å². The molecular formula is C34H53N5O10. The van der Waals surface area contributed by atoms with Crippen molar-refractivity contribution in [2.75, 3.05) is 46.1 Å². The quantitative estimate of drug-likeness (QED) is 0.0181. The molecule has 0 N–H and O–H groups in total. The molecule has 0 saturated carbocycles. The lowest BCUT2D eigenvalue weighted by atomic mass is 10.1. The summed E-state index contributed by atoms with van der Waals surface area (Å²) in [4.78, 5) is 59.8. The summed E-state index contributed by atoms with van der Waals surface area (Å²) in [6.07, 6.45) is 14.7. The van der Waals surface area contributed by atoms with E-state index in [-0.39, 0.29) is 25.2 Å². The second kappa shape index (κ2) is 30.7. The molecule has 0 bridgehead atoms. The Labute approximate surface area is 290 Å². The molecule has 15 nitrogen and oxygen atoms in total. The van der Waals surface area contributed by atoms with Gasteiger partial charge in [-0.05, 0) is 58.3 Å². The maximum Gasteiger partial charge on any atom is 0.333 e. The Balaban J connectivity index is 4.87. The van der Waals surface area contributed by atoms with E-state index in [1.165, 1.54) is 16.9 Å². The van der Waals surface area contributed by atoms with Gasteiger partial charge < -0.3 is 23.7 Å². The van der Waals surface area contributed by atoms with Crippen LogP contribution in [0.4, 0.5) is 0 Å². The Morgan fingerprint density at radius 2 is 1.18 bits per heavy atom. The van der Waals surface area contributed by atoms with Crippen molar-refractivity contribution < 1.29 is 47.7 Å². The van der Waals surface area contributed by atoms with E-state index < -0.39 is 24.0 Å². The molecule has 0 aromatic rings. The van der Waals surface area contributed by atoms with Crippen molar-refractivity contribution in [3.8, 4) is 12.5 Å². The molecule has 49 heavy (non-hydrogen) atoms. The van der Waals surface area contributed by atoms with Gasteiger partial charge in [0.2, 0.25) is 12.8 Å². The Morgan fingerprint density at radius 3 is 1.67 bits per heavy atom. The molecule has 0 aliphatic carbocycles. The number of esters is 3. The summed E-state index contributed by atoms with van der Waals surface area (Å²) in [5, 5.41) is 21.7. The van der Waals surface area contributed by atoms with E-state index in [4.69, 9.17) is 34.2 Å². The van der Waals surface area contributed by atoms with E-state index in [9.17, 15) is 24.0 Å². The first-order chi connectivity index (χ1) is 23.7. The van der Waals surface area contributed by atoms with Crippen molar-refractivity contribution in [2.24, 2.45) is 0 Å². The van der Waals surface area contributed by atoms with E-state index in [0.29, 0.717) is 45.7 Å². The maximum atomic E-state index is 12.4. The van der Waals surface area contributed by atoms with E-state index in [1.54, 1.807) is 17.6 Å². The summed E-state index contributed by atoms with van der Waals surface area (Å²) in [5.74, 6) is -1.87. The van der Waals surface area contributed by atoms with E-state index in [2.05, 4.69) is 13.2 Å². The molecule has 0 saturated heterocycles. The third-order valence-corrected chi connectivity index (χ3v) is 7.10. The van der Waals surface area contributed by atoms with Crippen LogP contribution in [0, 0.1) is 23.0 Å². The molecule has 2 amide bonds. The zero-order valence-electron chi connectivity index (χ0n) is 28.9. The number of carbonyl (C=O) groups excluding carboxylic acids is 5. The van der Waals surface area contributed by atoms with Gasteiger partial charge in [0.15, 0.2) is 6.10 Å². The molecule has 0 aliphatic heterocycles. The zero-order chi connectivity index (χ0) is 36.5. The molecule has 15 heteroatoms. The Morgan fingerprint density at radius 1 is 0.714 bits per heavy atom. The highest BCUT2D eigenvalue weighted by molar-refractivity contribution is 5.87. The van der Waals surface area contributed by atoms with Gasteiger partial charge in [0.05, 0.1) is 0 Å². The van der Waals surface area contributed by atoms with Crippen LogP contribution < -0.4 is 0 Å². The fourth-order valence-electron chi connectivity index (χ4n) is 4.48. The molecule has 0 fully saturated rings. The summed E-state index contributed by atoms with van der Waals surface area (Å²) in [5.41, 5.74) is 0.180. The van der Waals surface area contributed by atoms with Crippen LogP contribution in [0.1, 0.15) is 96.8 Å². The van der Waals surface area contributed by atoms with Gasteiger partial charge in [-0.3, -0.25) is 24.4 Å². The monoisotopic (exact) mass is 691 g/mol. The number of hydrogen-bond donors (Lipinski definition) is 0. The van der Waals surface area contributed by atoms with Crippen molar-refractivity contribution in [1.29, 1.82) is 10.5 Å². The number of hydrogen-bond acceptors (Lipinski definition) is 13. The number of unbranched alkanes of at least 4 members (excludes halogenated alkanes) is 10. The van der Waals surface area contributed by atoms with Gasteiger partial charge in [0.1, 0.15) is 26.4 Å². The summed E-state index contributed by atoms with van der Waals surface area (Å²) >= 11 is 0. The summed E-state index contributed by atoms with van der Waals surface area (Å²) in [6, 6.07) is 0. The first-order valence-electron chi connectivity index (χ1n) is 16.8. The van der Waals surface area contributed by atoms with Crippen LogP contribution >= 0.6 is 0 Å². The minimum absolute atomic E-state index is 0.121. The molecule has 1 unspecified atom stereocenters. The van der Waals surface area contributed by atoms with Crippen LogP contribution in [0.5, 0.6) is 0 Å². The van der Waals surface area contributed by atoms with Gasteiger partial charge in [-0.25, -0.2) is 9.59 Å². The number of carbonyl (C=O) groups is 5. The molecule has 0 aromatic carbocycles. The van der Waals surface area contributed by atoms with Gasteiger partial charge in [-0.2, -0.15) is 10.5 Å². The number of hydrazine groups is 2. The highest BCUT2D eigenvalue weighted by Gasteiger charge is 2.21. The van der Waals surface area contributed by atoms with Crippen LogP contribution in [-0.4, -0.2) is 98.0 Å². The van der Waals surface area contributed by atoms with Crippen molar-refractivity contribution in [3.05, 3.63) is 24.8 Å². The summed E-state index contributed by atoms with van der Waals surface area (Å²) in [6.45, 7) is 9.75. The third-order valence-electron chi connectivity index (χ3n) is 7.10. The van der Waals surface area contributed by atoms with Crippen molar-refractivity contribution in [2.45, 2.75) is 103 Å². The lowest BCUT2D eigenvalue weighted by Gasteiger charge is -2.38. The predicted octanol–water partition coefficient (Wildman–Crippen LogP) is 4.25. The SMILES string of the molecule is C=CC(=O)OCC(COC(=O)C(=C)C)OC(=O)CCCCCCCN(N(C=O)CCCCCCOC#N)N(C=O)CCCCCCOC#N. The molecule has 0 heterocycles. The number of rotatable bonds is 33. The van der Waals surface area contributed by atoms with E-state index >= 15 is 0 Å². The second-order valence-corrected chi connectivity index (χ2v) is 11.2. The lowest BCUT2D eigenvalue weighted by Crippen LogP contribution is -2.53. The molecule has 0 radical (unpaired) electrons. The molecule has 0 rings (SSSR count). The fourth-order valence-corrected chi connectivity index (χ4v) is 4.48. The fraction of sp³-hybridized carbons (Fsp3) is 0.676. The third kappa shape index (κ3) is 24.2. The smallest absolute Gasteiger partial charge is 0.333 e. The lowest BCUT2D eigenvalue weighted by molar-refractivity contribution is -0.186. The second-order valence-electron chi connectivity index (χ2n) is 11.2. The minimum atomic E-state index is -0.970. The molecule has 274 valence electrons. The van der Waals surface area contributed by atoms with Crippen LogP contribution in [0.2, 0.25) is 0 Å². The first kappa shape index (κ1) is 44.4. The largest absolute Gasteiger partial charge is 0.458 e. The Bertz CT molecular complexity index is 1030. The maximum absolute atomic E-state index is 12.4. The van der Waals surface area contributed by atoms with E-state index in [1.807, 2.05) is 0 Å². The molecular weight excluding hydrogens is 638 g/mol. The molecule has 1 atom stereocenters. The standard InChI is InChI=1S/C34H53N5O10/c1-4-32(42)47-24-31(25-48-34(44)30(2)3)49-33(43)18-12-6-5-7-15-21-39(37(28-40)19-13-8-10-16-22-45-26-35)38(29-41)20-14-9-11-17-23-46-27-36/h4,28-29,31H,1-2,5-25H2,3H3. The highest BCUT2D eigenvalue weighted by atomic mass is 16.6. The van der Waals surface area contributed by atoms with E-state index in [0.717, 1.165) is 89.5 Å². The number of nitrogens with zero attached hydrogens (tertiary/aromatic N) is 5. The van der Waals surface area contributed by atoms with Gasteiger partial charge in [0.25, 0.3) is 12.5 Å². The normalized spacial score (nSPS) is 10.9. The Hall–Kier alpha value is -4.63. The average Bonchev–Trinajstić information content (AvgIpc) is 3.10. The van der Waals surface area contributed by atoms with Gasteiger partial charge in [-0.1, -0.05) is 45.3 Å². The average molecular weight is 692 g/mol. The van der Waals surface area contributed by atoms with Crippen LogP contribution in [-0.2, 0) is 47.7 Å². The minimum Gasteiger partial charge on any atom is -0.458 e. The highest BCUT2D eigenvalue weighted by Crippen LogP contribution is 2.13. The van der Waals surface area contributed by atoms with Gasteiger partial charge >= 0.3 is 17.9 Å². The summed E-state index contributed by atoms with van der Waals surface area (Å²) < 4.78 is 24.7. The van der Waals surface area contributed by atoms with Crippen LogP contribution in [0.3, 0.4) is 0 Å². The van der Waals surface area contributed by atoms with Gasteiger partial charge in [0, 0.05) is 37.7 Å². The number of ether oxygens (including phenoxy) is 5. The Kier molecular flexibility index (Phi) is 27.8.